The molecule has 0 aromatic heterocycles. The molecule has 0 saturated heterocycles. The van der Waals surface area contributed by atoms with Gasteiger partial charge in [0.1, 0.15) is 5.71 Å². The lowest BCUT2D eigenvalue weighted by atomic mass is 9.95. The molecule has 2 rings (SSSR count). The minimum atomic E-state index is -1.38. The van der Waals surface area contributed by atoms with Crippen molar-refractivity contribution in [1.82, 2.24) is 0 Å². The molecule has 0 unspecified atom stereocenters. The van der Waals surface area contributed by atoms with Crippen LogP contribution in [0.2, 0.25) is 5.02 Å². The molecule has 0 aliphatic carbocycles. The lowest BCUT2D eigenvalue weighted by Crippen LogP contribution is -2.47. The molecule has 7 heteroatoms. The number of para-hydroxylation sites is 1. The largest absolute Gasteiger partial charge is 0.479 e. The number of hydrogen-bond donors (Lipinski definition) is 1. The highest BCUT2D eigenvalue weighted by molar-refractivity contribution is 6.38. The molecule has 112 valence electrons. The number of esters is 1. The number of carboxylic acids is 1. The van der Waals surface area contributed by atoms with Gasteiger partial charge in [-0.25, -0.2) is 14.6 Å². The number of nitrogens with zero attached hydrogens (tertiary/aromatic N) is 2. The maximum absolute atomic E-state index is 11.8. The third kappa shape index (κ3) is 2.71. The van der Waals surface area contributed by atoms with Crippen LogP contribution < -0.4 is 5.01 Å². The fourth-order valence-corrected chi connectivity index (χ4v) is 2.32. The second kappa shape index (κ2) is 5.73. The van der Waals surface area contributed by atoms with E-state index in [0.29, 0.717) is 10.7 Å². The van der Waals surface area contributed by atoms with Crippen LogP contribution in [0.5, 0.6) is 0 Å². The molecule has 0 saturated carbocycles. The van der Waals surface area contributed by atoms with Crippen molar-refractivity contribution in [2.45, 2.75) is 25.8 Å². The van der Waals surface area contributed by atoms with Crippen LogP contribution in [0.4, 0.5) is 5.69 Å². The van der Waals surface area contributed by atoms with Gasteiger partial charge in [-0.2, -0.15) is 5.10 Å². The van der Waals surface area contributed by atoms with Gasteiger partial charge in [0.25, 0.3) is 0 Å². The number of carbonyl (C=O) groups is 2. The highest BCUT2D eigenvalue weighted by Gasteiger charge is 2.48. The summed E-state index contributed by atoms with van der Waals surface area (Å²) in [6, 6.07) is 6.75. The Labute approximate surface area is 127 Å². The second-order valence-electron chi connectivity index (χ2n) is 4.79. The van der Waals surface area contributed by atoms with E-state index in [1.54, 1.807) is 31.2 Å². The number of benzene rings is 1. The van der Waals surface area contributed by atoms with Gasteiger partial charge in [-0.3, -0.25) is 0 Å². The van der Waals surface area contributed by atoms with E-state index < -0.39 is 17.5 Å². The maximum Gasteiger partial charge on any atom is 0.354 e. The van der Waals surface area contributed by atoms with E-state index in [9.17, 15) is 14.7 Å². The van der Waals surface area contributed by atoms with E-state index in [2.05, 4.69) is 5.10 Å². The summed E-state index contributed by atoms with van der Waals surface area (Å²) in [5.41, 5.74) is -0.877. The summed E-state index contributed by atoms with van der Waals surface area (Å²) in [5, 5.41) is 15.3. The summed E-state index contributed by atoms with van der Waals surface area (Å²) >= 11 is 6.10. The second-order valence-corrected chi connectivity index (χ2v) is 5.19. The van der Waals surface area contributed by atoms with Crippen LogP contribution in [-0.4, -0.2) is 34.9 Å². The Hall–Kier alpha value is -2.08. The molecule has 1 aliphatic rings. The zero-order valence-electron chi connectivity index (χ0n) is 11.7. The number of carbonyl (C=O) groups excluding carboxylic acids is 1. The van der Waals surface area contributed by atoms with E-state index in [4.69, 9.17) is 16.3 Å². The molecular weight excluding hydrogens is 296 g/mol. The molecule has 0 spiro atoms. The fraction of sp³-hybridized carbons (Fsp3) is 0.357. The first kappa shape index (κ1) is 15.3. The summed E-state index contributed by atoms with van der Waals surface area (Å²) in [5.74, 6) is -1.70. The maximum atomic E-state index is 11.8. The molecule has 1 aliphatic heterocycles. The molecule has 6 nitrogen and oxygen atoms in total. The molecule has 1 heterocycles. The number of halogens is 1. The highest BCUT2D eigenvalue weighted by atomic mass is 35.5. The number of ether oxygens (including phenoxy) is 1. The Morgan fingerprint density at radius 3 is 2.71 bits per heavy atom. The predicted molar refractivity (Wildman–Crippen MR) is 78.7 cm³/mol. The van der Waals surface area contributed by atoms with Gasteiger partial charge in [0.05, 0.1) is 17.3 Å². The molecule has 1 N–H and O–H groups in total. The monoisotopic (exact) mass is 310 g/mol. The Bertz CT molecular complexity index is 617. The van der Waals surface area contributed by atoms with Crippen LogP contribution in [0.15, 0.2) is 29.4 Å². The van der Waals surface area contributed by atoms with Crippen molar-refractivity contribution in [2.75, 3.05) is 11.6 Å². The zero-order chi connectivity index (χ0) is 15.6. The number of anilines is 1. The van der Waals surface area contributed by atoms with Crippen LogP contribution in [0, 0.1) is 0 Å². The van der Waals surface area contributed by atoms with Gasteiger partial charge in [0.2, 0.25) is 0 Å². The quantitative estimate of drug-likeness (QED) is 0.863. The van der Waals surface area contributed by atoms with Crippen molar-refractivity contribution in [3.05, 3.63) is 29.3 Å². The van der Waals surface area contributed by atoms with E-state index in [1.807, 2.05) is 0 Å². The fourth-order valence-electron chi connectivity index (χ4n) is 2.10. The molecule has 21 heavy (non-hydrogen) atoms. The van der Waals surface area contributed by atoms with Crippen LogP contribution in [-0.2, 0) is 14.3 Å². The topological polar surface area (TPSA) is 79.2 Å². The van der Waals surface area contributed by atoms with Crippen molar-refractivity contribution < 1.29 is 19.4 Å². The number of aliphatic carboxylic acids is 1. The minimum Gasteiger partial charge on any atom is -0.479 e. The van der Waals surface area contributed by atoms with Gasteiger partial charge < -0.3 is 9.84 Å². The summed E-state index contributed by atoms with van der Waals surface area (Å²) in [4.78, 5) is 23.4. The van der Waals surface area contributed by atoms with Crippen molar-refractivity contribution in [1.29, 1.82) is 0 Å². The van der Waals surface area contributed by atoms with Crippen molar-refractivity contribution >= 4 is 34.9 Å². The van der Waals surface area contributed by atoms with Crippen LogP contribution >= 0.6 is 11.6 Å². The van der Waals surface area contributed by atoms with Gasteiger partial charge in [-0.05, 0) is 26.0 Å². The summed E-state index contributed by atoms with van der Waals surface area (Å²) in [6.07, 6.45) is -0.0492. The zero-order valence-corrected chi connectivity index (χ0v) is 12.4. The van der Waals surface area contributed by atoms with Gasteiger partial charge in [0, 0.05) is 6.42 Å². The lowest BCUT2D eigenvalue weighted by Gasteiger charge is -2.30. The molecule has 0 amide bonds. The van der Waals surface area contributed by atoms with Crippen molar-refractivity contribution in [2.24, 2.45) is 5.10 Å². The van der Waals surface area contributed by atoms with Gasteiger partial charge in [0.15, 0.2) is 5.54 Å². The molecular formula is C14H15ClN2O4. The smallest absolute Gasteiger partial charge is 0.354 e. The minimum absolute atomic E-state index is 0.0492. The predicted octanol–water partition coefficient (Wildman–Crippen LogP) is 2.31. The first-order valence-electron chi connectivity index (χ1n) is 6.43. The Kier molecular flexibility index (Phi) is 4.18. The Balaban J connectivity index is 2.46. The van der Waals surface area contributed by atoms with Gasteiger partial charge in [-0.1, -0.05) is 23.7 Å². The summed E-state index contributed by atoms with van der Waals surface area (Å²) in [6.45, 7) is 3.37. The average molecular weight is 311 g/mol. The highest BCUT2D eigenvalue weighted by Crippen LogP contribution is 2.37. The average Bonchev–Trinajstić information content (AvgIpc) is 2.79. The SMILES string of the molecule is CCOC(=O)C1=NN(c2ccccc2Cl)[C@](C)(C(=O)O)C1. The van der Waals surface area contributed by atoms with E-state index >= 15 is 0 Å². The number of hydrazone groups is 1. The Morgan fingerprint density at radius 2 is 2.14 bits per heavy atom. The lowest BCUT2D eigenvalue weighted by molar-refractivity contribution is -0.142. The number of carboxylic acid groups (broad SMARTS) is 1. The Morgan fingerprint density at radius 1 is 1.48 bits per heavy atom. The van der Waals surface area contributed by atoms with Crippen LogP contribution in [0.25, 0.3) is 0 Å². The molecule has 1 aromatic carbocycles. The molecule has 1 atom stereocenters. The molecule has 1 aromatic rings. The van der Waals surface area contributed by atoms with Gasteiger partial charge >= 0.3 is 11.9 Å². The van der Waals surface area contributed by atoms with E-state index in [0.717, 1.165) is 0 Å². The third-order valence-corrected chi connectivity index (χ3v) is 3.57. The number of hydrogen-bond acceptors (Lipinski definition) is 5. The summed E-state index contributed by atoms with van der Waals surface area (Å²) in [7, 11) is 0. The number of rotatable bonds is 4. The standard InChI is InChI=1S/C14H15ClN2O4/c1-3-21-12(18)10-8-14(2,13(19)20)17(16-10)11-7-5-4-6-9(11)15/h4-7H,3,8H2,1-2H3,(H,19,20)/t14-/m0/s1. The van der Waals surface area contributed by atoms with Crippen molar-refractivity contribution in [3.63, 3.8) is 0 Å². The normalized spacial score (nSPS) is 21.1. The van der Waals surface area contributed by atoms with Gasteiger partial charge in [-0.15, -0.1) is 0 Å². The molecule has 0 fully saturated rings. The van der Waals surface area contributed by atoms with Crippen molar-refractivity contribution in [3.8, 4) is 0 Å². The van der Waals surface area contributed by atoms with Crippen LogP contribution in [0.3, 0.4) is 0 Å². The van der Waals surface area contributed by atoms with E-state index in [1.165, 1.54) is 11.9 Å². The van der Waals surface area contributed by atoms with Crippen LogP contribution in [0.1, 0.15) is 20.3 Å². The molecule has 0 radical (unpaired) electrons. The van der Waals surface area contributed by atoms with E-state index in [-0.39, 0.29) is 18.7 Å². The summed E-state index contributed by atoms with van der Waals surface area (Å²) < 4.78 is 4.89. The first-order valence-corrected chi connectivity index (χ1v) is 6.80. The third-order valence-electron chi connectivity index (χ3n) is 3.25. The first-order chi connectivity index (χ1) is 9.90. The molecule has 0 bridgehead atoms.